The van der Waals surface area contributed by atoms with Crippen LogP contribution in [-0.2, 0) is 9.84 Å². The van der Waals surface area contributed by atoms with Gasteiger partial charge in [-0.05, 0) is 19.4 Å². The zero-order valence-corrected chi connectivity index (χ0v) is 10.2. The summed E-state index contributed by atoms with van der Waals surface area (Å²) in [6.07, 6.45) is 2.91. The third-order valence-corrected chi connectivity index (χ3v) is 3.72. The second kappa shape index (κ2) is 5.82. The van der Waals surface area contributed by atoms with Gasteiger partial charge < -0.3 is 5.32 Å². The molecule has 1 atom stereocenters. The number of hydrogen-bond acceptors (Lipinski definition) is 4. The van der Waals surface area contributed by atoms with Gasteiger partial charge in [-0.2, -0.15) is 0 Å². The van der Waals surface area contributed by atoms with Crippen molar-refractivity contribution >= 4 is 9.84 Å². The fourth-order valence-corrected chi connectivity index (χ4v) is 2.64. The van der Waals surface area contributed by atoms with E-state index in [0.717, 1.165) is 39.0 Å². The van der Waals surface area contributed by atoms with Gasteiger partial charge in [0.2, 0.25) is 0 Å². The van der Waals surface area contributed by atoms with Crippen LogP contribution in [0.2, 0.25) is 0 Å². The molecule has 0 bridgehead atoms. The fraction of sp³-hybridized carbons (Fsp3) is 0.900. The van der Waals surface area contributed by atoms with Crippen molar-refractivity contribution in [2.24, 2.45) is 0 Å². The third-order valence-electron chi connectivity index (χ3n) is 2.74. The van der Waals surface area contributed by atoms with E-state index in [9.17, 15) is 8.42 Å². The average molecular weight is 233 g/mol. The summed E-state index contributed by atoms with van der Waals surface area (Å²) in [6.45, 7) is 7.71. The minimum absolute atomic E-state index is 0.285. The van der Waals surface area contributed by atoms with E-state index in [1.807, 2.05) is 0 Å². The maximum atomic E-state index is 11.1. The topological polar surface area (TPSA) is 49.4 Å². The molecule has 4 nitrogen and oxygen atoms in total. The van der Waals surface area contributed by atoms with Crippen molar-refractivity contribution < 1.29 is 8.42 Å². The lowest BCUT2D eigenvalue weighted by Crippen LogP contribution is -2.51. The highest BCUT2D eigenvalue weighted by atomic mass is 32.2. The van der Waals surface area contributed by atoms with Gasteiger partial charge in [0, 0.05) is 31.9 Å². The summed E-state index contributed by atoms with van der Waals surface area (Å²) in [5.41, 5.74) is 0. The highest BCUT2D eigenvalue weighted by Crippen LogP contribution is 2.09. The molecule has 1 heterocycles. The maximum Gasteiger partial charge on any atom is 0.147 e. The number of hydrogen-bond donors (Lipinski definition) is 1. The van der Waals surface area contributed by atoms with Gasteiger partial charge in [-0.15, -0.1) is 0 Å². The van der Waals surface area contributed by atoms with E-state index in [1.54, 1.807) is 0 Å². The van der Waals surface area contributed by atoms with E-state index in [1.165, 1.54) is 6.26 Å². The monoisotopic (exact) mass is 233 g/mol. The number of sulfone groups is 1. The molecular formula is C10H21N2O2S. The van der Waals surface area contributed by atoms with Crippen LogP contribution in [0.15, 0.2) is 0 Å². The molecule has 0 aromatic carbocycles. The molecule has 0 saturated carbocycles. The van der Waals surface area contributed by atoms with Crippen molar-refractivity contribution in [3.8, 4) is 0 Å². The predicted molar refractivity (Wildman–Crippen MR) is 62.5 cm³/mol. The van der Waals surface area contributed by atoms with Crippen molar-refractivity contribution in [2.75, 3.05) is 38.2 Å². The molecule has 0 aromatic rings. The van der Waals surface area contributed by atoms with Crippen LogP contribution in [0.5, 0.6) is 0 Å². The Bertz CT molecular complexity index is 275. The first-order chi connectivity index (χ1) is 7.03. The molecule has 1 radical (unpaired) electrons. The lowest BCUT2D eigenvalue weighted by molar-refractivity contribution is 0.160. The fourth-order valence-electron chi connectivity index (χ4n) is 1.94. The zero-order chi connectivity index (χ0) is 11.3. The first kappa shape index (κ1) is 12.9. The molecule has 1 N–H and O–H groups in total. The van der Waals surface area contributed by atoms with Crippen molar-refractivity contribution in [1.82, 2.24) is 10.2 Å². The van der Waals surface area contributed by atoms with E-state index in [-0.39, 0.29) is 5.75 Å². The van der Waals surface area contributed by atoms with E-state index in [2.05, 4.69) is 17.1 Å². The van der Waals surface area contributed by atoms with Crippen molar-refractivity contribution in [1.29, 1.82) is 0 Å². The van der Waals surface area contributed by atoms with Crippen molar-refractivity contribution in [3.63, 3.8) is 0 Å². The molecule has 0 amide bonds. The van der Waals surface area contributed by atoms with Gasteiger partial charge in [0.25, 0.3) is 0 Å². The van der Waals surface area contributed by atoms with Crippen LogP contribution in [0.4, 0.5) is 0 Å². The quantitative estimate of drug-likeness (QED) is 0.721. The molecule has 1 aliphatic rings. The predicted octanol–water partition coefficient (Wildman–Crippen LogP) is -0.0809. The van der Waals surface area contributed by atoms with Crippen LogP contribution < -0.4 is 5.32 Å². The second-order valence-electron chi connectivity index (χ2n) is 4.17. The number of nitrogens with zero attached hydrogens (tertiary/aromatic N) is 1. The van der Waals surface area contributed by atoms with Crippen molar-refractivity contribution in [2.45, 2.75) is 18.9 Å². The Morgan fingerprint density at radius 3 is 2.87 bits per heavy atom. The van der Waals surface area contributed by atoms with Gasteiger partial charge in [-0.3, -0.25) is 4.90 Å². The van der Waals surface area contributed by atoms with Crippen LogP contribution in [0.25, 0.3) is 0 Å². The molecular weight excluding hydrogens is 212 g/mol. The zero-order valence-electron chi connectivity index (χ0n) is 9.41. The standard InChI is InChI=1S/C10H21N2O2S/c1-3-6-12-7-5-11-9-10(12)4-8-15(2,13)14/h10-11H,1,3-9H2,2H3. The summed E-state index contributed by atoms with van der Waals surface area (Å²) in [6, 6.07) is 0.357. The average Bonchev–Trinajstić information content (AvgIpc) is 2.16. The molecule has 0 spiro atoms. The van der Waals surface area contributed by atoms with Gasteiger partial charge in [0.1, 0.15) is 9.84 Å². The first-order valence-electron chi connectivity index (χ1n) is 5.44. The molecule has 1 rings (SSSR count). The normalized spacial score (nSPS) is 24.3. The minimum Gasteiger partial charge on any atom is -0.314 e. The van der Waals surface area contributed by atoms with Crippen LogP contribution in [0.1, 0.15) is 12.8 Å². The third kappa shape index (κ3) is 4.95. The number of nitrogens with one attached hydrogen (secondary N) is 1. The Balaban J connectivity index is 2.42. The highest BCUT2D eigenvalue weighted by Gasteiger charge is 2.22. The Morgan fingerprint density at radius 2 is 2.27 bits per heavy atom. The Hall–Kier alpha value is -0.130. The largest absolute Gasteiger partial charge is 0.314 e. The van der Waals surface area contributed by atoms with Crippen LogP contribution in [0.3, 0.4) is 0 Å². The first-order valence-corrected chi connectivity index (χ1v) is 7.51. The van der Waals surface area contributed by atoms with Crippen molar-refractivity contribution in [3.05, 3.63) is 6.92 Å². The SMILES string of the molecule is [CH2]CCN1CCNCC1CCS(C)(=O)=O. The molecule has 0 aliphatic carbocycles. The van der Waals surface area contributed by atoms with Gasteiger partial charge in [0.05, 0.1) is 5.75 Å². The molecule has 89 valence electrons. The highest BCUT2D eigenvalue weighted by molar-refractivity contribution is 7.90. The Morgan fingerprint density at radius 1 is 1.53 bits per heavy atom. The number of rotatable bonds is 5. The van der Waals surface area contributed by atoms with Crippen LogP contribution in [-0.4, -0.2) is 57.5 Å². The lowest BCUT2D eigenvalue weighted by atomic mass is 10.1. The molecule has 5 heteroatoms. The molecule has 15 heavy (non-hydrogen) atoms. The molecule has 1 fully saturated rings. The Kier molecular flexibility index (Phi) is 5.02. The maximum absolute atomic E-state index is 11.1. The summed E-state index contributed by atoms with van der Waals surface area (Å²) >= 11 is 0. The van der Waals surface area contributed by atoms with E-state index in [0.29, 0.717) is 6.04 Å². The molecule has 1 unspecified atom stereocenters. The summed E-state index contributed by atoms with van der Waals surface area (Å²) in [5.74, 6) is 0.285. The van der Waals surface area contributed by atoms with E-state index < -0.39 is 9.84 Å². The minimum atomic E-state index is -2.83. The lowest BCUT2D eigenvalue weighted by Gasteiger charge is -2.35. The summed E-state index contributed by atoms with van der Waals surface area (Å²) < 4.78 is 22.2. The summed E-state index contributed by atoms with van der Waals surface area (Å²) in [5, 5.41) is 3.30. The van der Waals surface area contributed by atoms with E-state index >= 15 is 0 Å². The van der Waals surface area contributed by atoms with Gasteiger partial charge in [-0.1, -0.05) is 6.92 Å². The number of piperazine rings is 1. The molecule has 0 aromatic heterocycles. The van der Waals surface area contributed by atoms with Gasteiger partial charge in [0.15, 0.2) is 0 Å². The smallest absolute Gasteiger partial charge is 0.147 e. The Labute approximate surface area is 93.0 Å². The molecule has 1 aliphatic heterocycles. The van der Waals surface area contributed by atoms with Gasteiger partial charge >= 0.3 is 0 Å². The van der Waals surface area contributed by atoms with Gasteiger partial charge in [-0.25, -0.2) is 8.42 Å². The van der Waals surface area contributed by atoms with Crippen LogP contribution in [0, 0.1) is 6.92 Å². The summed E-state index contributed by atoms with van der Waals surface area (Å²) in [4.78, 5) is 2.34. The van der Waals surface area contributed by atoms with Crippen LogP contribution >= 0.6 is 0 Å². The van der Waals surface area contributed by atoms with E-state index in [4.69, 9.17) is 0 Å². The summed E-state index contributed by atoms with van der Waals surface area (Å²) in [7, 11) is -2.83. The molecule has 1 saturated heterocycles. The second-order valence-corrected chi connectivity index (χ2v) is 6.43.